The number of rotatable bonds is 4. The van der Waals surface area contributed by atoms with Gasteiger partial charge < -0.3 is 15.8 Å². The van der Waals surface area contributed by atoms with Crippen LogP contribution in [-0.4, -0.2) is 25.3 Å². The summed E-state index contributed by atoms with van der Waals surface area (Å²) < 4.78 is 4.53. The fraction of sp³-hybridized carbons (Fsp3) is 0.833. The number of likely N-dealkylation sites (N-methyl/N-ethyl adjacent to an activating group) is 1. The molecule has 0 aliphatic carbocycles. The van der Waals surface area contributed by atoms with Gasteiger partial charge in [0, 0.05) is 6.04 Å². The van der Waals surface area contributed by atoms with E-state index in [-0.39, 0.29) is 6.04 Å². The van der Waals surface area contributed by atoms with E-state index in [1.54, 1.807) is 0 Å². The summed E-state index contributed by atoms with van der Waals surface area (Å²) in [4.78, 5) is 10.1. The maximum atomic E-state index is 10.1. The van der Waals surface area contributed by atoms with Gasteiger partial charge in [-0.3, -0.25) is 0 Å². The Balaban J connectivity index is 3.21. The van der Waals surface area contributed by atoms with Crippen LogP contribution in [0.1, 0.15) is 13.8 Å². The van der Waals surface area contributed by atoms with Crippen LogP contribution in [0.2, 0.25) is 0 Å². The molecule has 4 nitrogen and oxygen atoms in total. The van der Waals surface area contributed by atoms with Gasteiger partial charge in [0.1, 0.15) is 6.61 Å². The standard InChI is InChI=1S/C6H14N2O2/c1-3-8-5(2)4-10-6(7)9/h5,8H,3-4H2,1-2H3,(H2,7,9). The molecule has 0 aromatic heterocycles. The van der Waals surface area contributed by atoms with Gasteiger partial charge in [-0.2, -0.15) is 0 Å². The largest absolute Gasteiger partial charge is 0.448 e. The molecule has 0 spiro atoms. The second kappa shape index (κ2) is 5.05. The third kappa shape index (κ3) is 5.37. The quantitative estimate of drug-likeness (QED) is 0.590. The van der Waals surface area contributed by atoms with Gasteiger partial charge in [0.2, 0.25) is 0 Å². The molecule has 1 amide bonds. The van der Waals surface area contributed by atoms with E-state index in [1.165, 1.54) is 0 Å². The summed E-state index contributed by atoms with van der Waals surface area (Å²) >= 11 is 0. The zero-order chi connectivity index (χ0) is 7.98. The molecule has 0 aliphatic heterocycles. The van der Waals surface area contributed by atoms with Crippen LogP contribution in [0.25, 0.3) is 0 Å². The number of hydrogen-bond acceptors (Lipinski definition) is 3. The molecule has 10 heavy (non-hydrogen) atoms. The monoisotopic (exact) mass is 146 g/mol. The summed E-state index contributed by atoms with van der Waals surface area (Å²) in [6, 6.07) is 0.178. The SMILES string of the molecule is CCNC(C)COC(N)=O. The average Bonchev–Trinajstić information content (AvgIpc) is 1.85. The molecule has 0 saturated carbocycles. The van der Waals surface area contributed by atoms with Crippen LogP contribution in [0.4, 0.5) is 4.79 Å². The predicted octanol–water partition coefficient (Wildman–Crippen LogP) is 0.0797. The second-order valence-corrected chi connectivity index (χ2v) is 2.09. The lowest BCUT2D eigenvalue weighted by Gasteiger charge is -2.10. The molecule has 0 saturated heterocycles. The summed E-state index contributed by atoms with van der Waals surface area (Å²) in [6.07, 6.45) is -0.718. The first-order chi connectivity index (χ1) is 4.66. The van der Waals surface area contributed by atoms with E-state index in [2.05, 4.69) is 10.1 Å². The molecule has 0 radical (unpaired) electrons. The molecule has 60 valence electrons. The smallest absolute Gasteiger partial charge is 0.404 e. The van der Waals surface area contributed by atoms with Gasteiger partial charge in [0.25, 0.3) is 0 Å². The normalized spacial score (nSPS) is 12.6. The van der Waals surface area contributed by atoms with Crippen molar-refractivity contribution in [3.8, 4) is 0 Å². The second-order valence-electron chi connectivity index (χ2n) is 2.09. The fourth-order valence-electron chi connectivity index (χ4n) is 0.615. The van der Waals surface area contributed by atoms with Crippen molar-refractivity contribution in [3.63, 3.8) is 0 Å². The topological polar surface area (TPSA) is 64.3 Å². The minimum Gasteiger partial charge on any atom is -0.448 e. The molecule has 0 heterocycles. The molecule has 0 fully saturated rings. The van der Waals surface area contributed by atoms with Gasteiger partial charge in [-0.1, -0.05) is 6.92 Å². The van der Waals surface area contributed by atoms with Crippen molar-refractivity contribution in [3.05, 3.63) is 0 Å². The highest BCUT2D eigenvalue weighted by molar-refractivity contribution is 5.64. The summed E-state index contributed by atoms with van der Waals surface area (Å²) in [6.45, 7) is 5.11. The van der Waals surface area contributed by atoms with Crippen molar-refractivity contribution < 1.29 is 9.53 Å². The first-order valence-electron chi connectivity index (χ1n) is 3.32. The minimum atomic E-state index is -0.718. The Labute approximate surface area is 60.7 Å². The number of hydrogen-bond donors (Lipinski definition) is 2. The molecule has 0 aliphatic rings. The highest BCUT2D eigenvalue weighted by Gasteiger charge is 2.00. The summed E-state index contributed by atoms with van der Waals surface area (Å²) in [5, 5.41) is 3.07. The van der Waals surface area contributed by atoms with Crippen molar-refractivity contribution in [2.45, 2.75) is 19.9 Å². The Morgan fingerprint density at radius 1 is 1.80 bits per heavy atom. The lowest BCUT2D eigenvalue weighted by molar-refractivity contribution is 0.146. The van der Waals surface area contributed by atoms with Gasteiger partial charge in [-0.15, -0.1) is 0 Å². The Kier molecular flexibility index (Phi) is 4.66. The van der Waals surface area contributed by atoms with E-state index in [9.17, 15) is 4.79 Å². The maximum absolute atomic E-state index is 10.1. The number of carbonyl (C=O) groups excluding carboxylic acids is 1. The zero-order valence-electron chi connectivity index (χ0n) is 6.39. The molecule has 3 N–H and O–H groups in total. The molecular formula is C6H14N2O2. The van der Waals surface area contributed by atoms with Gasteiger partial charge in [0.05, 0.1) is 0 Å². The van der Waals surface area contributed by atoms with Crippen molar-refractivity contribution in [2.75, 3.05) is 13.2 Å². The lowest BCUT2D eigenvalue weighted by Crippen LogP contribution is -2.32. The third-order valence-electron chi connectivity index (χ3n) is 1.03. The van der Waals surface area contributed by atoms with Crippen LogP contribution in [0.5, 0.6) is 0 Å². The van der Waals surface area contributed by atoms with E-state index in [1.807, 2.05) is 13.8 Å². The Bertz CT molecular complexity index is 106. The van der Waals surface area contributed by atoms with Gasteiger partial charge >= 0.3 is 6.09 Å². The van der Waals surface area contributed by atoms with E-state index in [4.69, 9.17) is 5.73 Å². The number of nitrogens with one attached hydrogen (secondary N) is 1. The summed E-state index contributed by atoms with van der Waals surface area (Å²) in [5.74, 6) is 0. The molecule has 0 aromatic carbocycles. The Morgan fingerprint density at radius 3 is 2.80 bits per heavy atom. The molecule has 0 rings (SSSR count). The van der Waals surface area contributed by atoms with Crippen molar-refractivity contribution in [2.24, 2.45) is 5.73 Å². The molecule has 0 aromatic rings. The first-order valence-corrected chi connectivity index (χ1v) is 3.32. The maximum Gasteiger partial charge on any atom is 0.404 e. The van der Waals surface area contributed by atoms with Crippen LogP contribution in [0.3, 0.4) is 0 Å². The van der Waals surface area contributed by atoms with Gasteiger partial charge in [0.15, 0.2) is 0 Å². The van der Waals surface area contributed by atoms with Crippen LogP contribution >= 0.6 is 0 Å². The summed E-state index contributed by atoms with van der Waals surface area (Å²) in [5.41, 5.74) is 4.75. The van der Waals surface area contributed by atoms with Crippen LogP contribution in [0, 0.1) is 0 Å². The highest BCUT2D eigenvalue weighted by Crippen LogP contribution is 1.82. The molecule has 4 heteroatoms. The third-order valence-corrected chi connectivity index (χ3v) is 1.03. The van der Waals surface area contributed by atoms with Crippen LogP contribution in [0.15, 0.2) is 0 Å². The lowest BCUT2D eigenvalue weighted by atomic mass is 10.4. The van der Waals surface area contributed by atoms with Gasteiger partial charge in [-0.25, -0.2) is 4.79 Å². The van der Waals surface area contributed by atoms with Crippen molar-refractivity contribution >= 4 is 6.09 Å². The Morgan fingerprint density at radius 2 is 2.40 bits per heavy atom. The van der Waals surface area contributed by atoms with E-state index >= 15 is 0 Å². The predicted molar refractivity (Wildman–Crippen MR) is 38.7 cm³/mol. The zero-order valence-corrected chi connectivity index (χ0v) is 6.39. The number of ether oxygens (including phenoxy) is 1. The number of primary amides is 1. The number of carbonyl (C=O) groups is 1. The van der Waals surface area contributed by atoms with E-state index < -0.39 is 6.09 Å². The average molecular weight is 146 g/mol. The fourth-order valence-corrected chi connectivity index (χ4v) is 0.615. The van der Waals surface area contributed by atoms with Crippen molar-refractivity contribution in [1.82, 2.24) is 5.32 Å². The van der Waals surface area contributed by atoms with Gasteiger partial charge in [-0.05, 0) is 13.5 Å². The van der Waals surface area contributed by atoms with Crippen LogP contribution < -0.4 is 11.1 Å². The van der Waals surface area contributed by atoms with Crippen molar-refractivity contribution in [1.29, 1.82) is 0 Å². The molecular weight excluding hydrogens is 132 g/mol. The van der Waals surface area contributed by atoms with E-state index in [0.29, 0.717) is 6.61 Å². The molecule has 1 unspecified atom stereocenters. The number of nitrogens with two attached hydrogens (primary N) is 1. The number of amides is 1. The molecule has 1 atom stereocenters. The molecule has 0 bridgehead atoms. The van der Waals surface area contributed by atoms with E-state index in [0.717, 1.165) is 6.54 Å². The summed E-state index contributed by atoms with van der Waals surface area (Å²) in [7, 11) is 0. The Hall–Kier alpha value is -0.770. The minimum absolute atomic E-state index is 0.178. The highest BCUT2D eigenvalue weighted by atomic mass is 16.5. The van der Waals surface area contributed by atoms with Crippen LogP contribution in [-0.2, 0) is 4.74 Å². The first kappa shape index (κ1) is 9.23.